The molecule has 4 atom stereocenters. The van der Waals surface area contributed by atoms with Crippen LogP contribution in [0.2, 0.25) is 0 Å². The van der Waals surface area contributed by atoms with Crippen molar-refractivity contribution in [3.63, 3.8) is 0 Å². The molecular formula is C21H39N5O5. The Hall–Kier alpha value is -2.20. The smallest absolute Gasteiger partial charge is 0.326 e. The fourth-order valence-corrected chi connectivity index (χ4v) is 3.59. The number of carboxylic acid groups (broad SMARTS) is 1. The van der Waals surface area contributed by atoms with Crippen LogP contribution in [0.3, 0.4) is 0 Å². The third-order valence-electron chi connectivity index (χ3n) is 5.65. The molecule has 0 aromatic heterocycles. The Kier molecular flexibility index (Phi) is 10.9. The minimum Gasteiger partial charge on any atom is -0.480 e. The molecule has 0 aromatic rings. The maximum absolute atomic E-state index is 13.1. The van der Waals surface area contributed by atoms with E-state index < -0.39 is 47.9 Å². The molecule has 0 radical (unpaired) electrons. The van der Waals surface area contributed by atoms with Crippen molar-refractivity contribution in [1.29, 1.82) is 0 Å². The molecule has 1 fully saturated rings. The molecule has 0 aliphatic carbocycles. The Morgan fingerprint density at radius 2 is 1.68 bits per heavy atom. The molecule has 1 heterocycles. The molecule has 3 amide bonds. The summed E-state index contributed by atoms with van der Waals surface area (Å²) in [6.07, 6.45) is 2.62. The summed E-state index contributed by atoms with van der Waals surface area (Å²) in [6, 6.07) is -3.38. The molecule has 7 N–H and O–H groups in total. The monoisotopic (exact) mass is 441 g/mol. The van der Waals surface area contributed by atoms with Crippen molar-refractivity contribution in [1.82, 2.24) is 15.5 Å². The third kappa shape index (κ3) is 7.77. The Balaban J connectivity index is 2.97. The fourth-order valence-electron chi connectivity index (χ4n) is 3.59. The summed E-state index contributed by atoms with van der Waals surface area (Å²) in [6.45, 7) is 8.00. The van der Waals surface area contributed by atoms with Crippen LogP contribution in [-0.2, 0) is 19.2 Å². The second kappa shape index (κ2) is 12.6. The molecule has 1 rings (SSSR count). The first-order valence-corrected chi connectivity index (χ1v) is 11.1. The van der Waals surface area contributed by atoms with Crippen LogP contribution in [0.15, 0.2) is 0 Å². The lowest BCUT2D eigenvalue weighted by Crippen LogP contribution is -2.58. The van der Waals surface area contributed by atoms with E-state index in [4.69, 9.17) is 11.5 Å². The minimum atomic E-state index is -1.05. The highest BCUT2D eigenvalue weighted by Crippen LogP contribution is 2.20. The van der Waals surface area contributed by atoms with E-state index in [1.165, 1.54) is 4.90 Å². The zero-order valence-electron chi connectivity index (χ0n) is 19.1. The van der Waals surface area contributed by atoms with E-state index in [2.05, 4.69) is 10.6 Å². The van der Waals surface area contributed by atoms with Gasteiger partial charge >= 0.3 is 5.97 Å². The molecule has 0 aromatic carbocycles. The van der Waals surface area contributed by atoms with Gasteiger partial charge in [0.2, 0.25) is 17.7 Å². The highest BCUT2D eigenvalue weighted by atomic mass is 16.4. The number of amides is 3. The molecule has 1 saturated heterocycles. The number of rotatable bonds is 12. The van der Waals surface area contributed by atoms with E-state index >= 15 is 0 Å². The summed E-state index contributed by atoms with van der Waals surface area (Å²) < 4.78 is 0. The summed E-state index contributed by atoms with van der Waals surface area (Å²) in [7, 11) is 0. The van der Waals surface area contributed by atoms with E-state index in [-0.39, 0.29) is 11.8 Å². The van der Waals surface area contributed by atoms with Crippen molar-refractivity contribution in [2.75, 3.05) is 13.1 Å². The number of carbonyl (C=O) groups is 4. The summed E-state index contributed by atoms with van der Waals surface area (Å²) >= 11 is 0. The number of nitrogens with zero attached hydrogens (tertiary/aromatic N) is 1. The molecule has 4 unspecified atom stereocenters. The van der Waals surface area contributed by atoms with E-state index in [0.29, 0.717) is 45.2 Å². The van der Waals surface area contributed by atoms with Gasteiger partial charge in [0.15, 0.2) is 0 Å². The van der Waals surface area contributed by atoms with Gasteiger partial charge in [-0.05, 0) is 50.5 Å². The molecule has 10 heteroatoms. The van der Waals surface area contributed by atoms with Gasteiger partial charge in [0, 0.05) is 6.54 Å². The second-order valence-corrected chi connectivity index (χ2v) is 8.87. The van der Waals surface area contributed by atoms with Crippen LogP contribution >= 0.6 is 0 Å². The van der Waals surface area contributed by atoms with Gasteiger partial charge in [0.1, 0.15) is 18.1 Å². The molecule has 0 saturated carbocycles. The SMILES string of the molecule is CC(C)C(N)C(=O)NC(C(=O)NC(CCCCN)C(=O)N1CCCC1C(=O)O)C(C)C. The molecule has 0 spiro atoms. The van der Waals surface area contributed by atoms with Gasteiger partial charge in [-0.15, -0.1) is 0 Å². The van der Waals surface area contributed by atoms with Crippen LogP contribution in [0.4, 0.5) is 0 Å². The van der Waals surface area contributed by atoms with Gasteiger partial charge in [-0.3, -0.25) is 14.4 Å². The molecule has 0 bridgehead atoms. The number of unbranched alkanes of at least 4 members (excludes halogenated alkanes) is 1. The van der Waals surface area contributed by atoms with Gasteiger partial charge in [-0.2, -0.15) is 0 Å². The third-order valence-corrected chi connectivity index (χ3v) is 5.65. The normalized spacial score (nSPS) is 19.2. The largest absolute Gasteiger partial charge is 0.480 e. The average Bonchev–Trinajstić information content (AvgIpc) is 3.19. The van der Waals surface area contributed by atoms with Crippen molar-refractivity contribution < 1.29 is 24.3 Å². The number of carboxylic acids is 1. The number of hydrogen-bond donors (Lipinski definition) is 5. The van der Waals surface area contributed by atoms with Crippen LogP contribution in [0.25, 0.3) is 0 Å². The quantitative estimate of drug-likeness (QED) is 0.261. The van der Waals surface area contributed by atoms with Gasteiger partial charge in [-0.1, -0.05) is 27.7 Å². The lowest BCUT2D eigenvalue weighted by atomic mass is 9.99. The first kappa shape index (κ1) is 26.8. The van der Waals surface area contributed by atoms with Gasteiger partial charge in [0.05, 0.1) is 6.04 Å². The second-order valence-electron chi connectivity index (χ2n) is 8.87. The first-order valence-electron chi connectivity index (χ1n) is 11.1. The van der Waals surface area contributed by atoms with Gasteiger partial charge in [0.25, 0.3) is 0 Å². The zero-order chi connectivity index (χ0) is 23.7. The summed E-state index contributed by atoms with van der Waals surface area (Å²) in [5.74, 6) is -2.71. The van der Waals surface area contributed by atoms with Gasteiger partial charge < -0.3 is 32.1 Å². The van der Waals surface area contributed by atoms with Crippen LogP contribution in [0, 0.1) is 11.8 Å². The van der Waals surface area contributed by atoms with E-state index in [9.17, 15) is 24.3 Å². The Morgan fingerprint density at radius 1 is 1.03 bits per heavy atom. The Bertz CT molecular complexity index is 640. The van der Waals surface area contributed by atoms with Crippen molar-refractivity contribution in [2.45, 2.75) is 84.0 Å². The highest BCUT2D eigenvalue weighted by Gasteiger charge is 2.38. The fraction of sp³-hybridized carbons (Fsp3) is 0.810. The van der Waals surface area contributed by atoms with Crippen LogP contribution in [0.1, 0.15) is 59.8 Å². The van der Waals surface area contributed by atoms with E-state index in [0.717, 1.165) is 0 Å². The molecule has 10 nitrogen and oxygen atoms in total. The van der Waals surface area contributed by atoms with Crippen molar-refractivity contribution >= 4 is 23.7 Å². The predicted molar refractivity (Wildman–Crippen MR) is 117 cm³/mol. The number of nitrogens with two attached hydrogens (primary N) is 2. The van der Waals surface area contributed by atoms with Gasteiger partial charge in [-0.25, -0.2) is 4.79 Å². The topological polar surface area (TPSA) is 168 Å². The zero-order valence-corrected chi connectivity index (χ0v) is 19.1. The standard InChI is InChI=1S/C21H39N5O5/c1-12(2)16(23)18(27)25-17(13(3)4)19(28)24-14(8-5-6-10-22)20(29)26-11-7-9-15(26)21(30)31/h12-17H,5-11,22-23H2,1-4H3,(H,24,28)(H,25,27)(H,30,31). The lowest BCUT2D eigenvalue weighted by molar-refractivity contribution is -0.149. The van der Waals surface area contributed by atoms with Crippen molar-refractivity contribution in [3.05, 3.63) is 0 Å². The summed E-state index contributed by atoms with van der Waals surface area (Å²) in [5.41, 5.74) is 11.4. The number of hydrogen-bond acceptors (Lipinski definition) is 6. The predicted octanol–water partition coefficient (Wildman–Crippen LogP) is -0.200. The number of aliphatic carboxylic acids is 1. The summed E-state index contributed by atoms with van der Waals surface area (Å²) in [5, 5.41) is 14.8. The number of likely N-dealkylation sites (tertiary alicyclic amines) is 1. The number of carbonyl (C=O) groups excluding carboxylic acids is 3. The molecule has 1 aliphatic rings. The molecule has 31 heavy (non-hydrogen) atoms. The van der Waals surface area contributed by atoms with Crippen LogP contribution in [0.5, 0.6) is 0 Å². The molecular weight excluding hydrogens is 402 g/mol. The average molecular weight is 442 g/mol. The van der Waals surface area contributed by atoms with E-state index in [1.54, 1.807) is 13.8 Å². The van der Waals surface area contributed by atoms with Crippen molar-refractivity contribution in [2.24, 2.45) is 23.3 Å². The van der Waals surface area contributed by atoms with E-state index in [1.807, 2.05) is 13.8 Å². The van der Waals surface area contributed by atoms with Crippen LogP contribution < -0.4 is 22.1 Å². The van der Waals surface area contributed by atoms with Crippen LogP contribution in [-0.4, -0.2) is 71.0 Å². The molecule has 1 aliphatic heterocycles. The number of nitrogens with one attached hydrogen (secondary N) is 2. The van der Waals surface area contributed by atoms with Crippen molar-refractivity contribution in [3.8, 4) is 0 Å². The maximum atomic E-state index is 13.1. The maximum Gasteiger partial charge on any atom is 0.326 e. The minimum absolute atomic E-state index is 0.0930. The summed E-state index contributed by atoms with van der Waals surface area (Å²) in [4.78, 5) is 51.3. The lowest BCUT2D eigenvalue weighted by Gasteiger charge is -2.30. The highest BCUT2D eigenvalue weighted by molar-refractivity contribution is 5.94. The molecule has 178 valence electrons. The first-order chi connectivity index (χ1) is 14.5. The Labute approximate surface area is 184 Å². The Morgan fingerprint density at radius 3 is 2.19 bits per heavy atom.